The number of hydrogen-bond donors (Lipinski definition) is 2. The molecule has 118 valence electrons. The molecule has 0 bridgehead atoms. The van der Waals surface area contributed by atoms with Gasteiger partial charge >= 0.3 is 0 Å². The van der Waals surface area contributed by atoms with Gasteiger partial charge in [-0.15, -0.1) is 11.3 Å². The van der Waals surface area contributed by atoms with E-state index in [2.05, 4.69) is 15.5 Å². The summed E-state index contributed by atoms with van der Waals surface area (Å²) in [5.74, 6) is 0.889. The van der Waals surface area contributed by atoms with Gasteiger partial charge in [-0.3, -0.25) is 4.79 Å². The van der Waals surface area contributed by atoms with Gasteiger partial charge in [0, 0.05) is 10.8 Å². The smallest absolute Gasteiger partial charge is 0.231 e. The van der Waals surface area contributed by atoms with Crippen LogP contribution in [0.4, 0.5) is 0 Å². The number of thiophene rings is 1. The van der Waals surface area contributed by atoms with Crippen LogP contribution in [0, 0.1) is 5.92 Å². The van der Waals surface area contributed by atoms with Crippen LogP contribution in [0.2, 0.25) is 0 Å². The first-order valence-electron chi connectivity index (χ1n) is 7.50. The predicted molar refractivity (Wildman–Crippen MR) is 81.2 cm³/mol. The van der Waals surface area contributed by atoms with Crippen LogP contribution in [0.5, 0.6) is 0 Å². The monoisotopic (exact) mass is 321 g/mol. The first-order valence-corrected chi connectivity index (χ1v) is 8.38. The van der Waals surface area contributed by atoms with E-state index in [0.717, 1.165) is 24.1 Å². The number of nitrogens with zero attached hydrogens (tertiary/aromatic N) is 2. The van der Waals surface area contributed by atoms with Crippen molar-refractivity contribution in [2.75, 3.05) is 0 Å². The van der Waals surface area contributed by atoms with Crippen molar-refractivity contribution < 1.29 is 14.4 Å². The molecule has 1 amide bonds. The number of aliphatic hydroxyl groups is 1. The first-order chi connectivity index (χ1) is 10.7. The molecule has 0 radical (unpaired) electrons. The van der Waals surface area contributed by atoms with Gasteiger partial charge in [0.25, 0.3) is 0 Å². The molecule has 0 spiro atoms. The molecular weight excluding hydrogens is 302 g/mol. The average molecular weight is 321 g/mol. The van der Waals surface area contributed by atoms with Crippen molar-refractivity contribution in [1.29, 1.82) is 0 Å². The second kappa shape index (κ2) is 7.02. The molecule has 2 heterocycles. The quantitative estimate of drug-likeness (QED) is 0.878. The van der Waals surface area contributed by atoms with E-state index in [9.17, 15) is 9.90 Å². The van der Waals surface area contributed by atoms with Crippen LogP contribution in [0.15, 0.2) is 22.0 Å². The molecule has 0 aliphatic heterocycles. The van der Waals surface area contributed by atoms with E-state index < -0.39 is 0 Å². The van der Waals surface area contributed by atoms with Crippen molar-refractivity contribution in [2.45, 2.75) is 44.8 Å². The molecular formula is C15H19N3O3S. The summed E-state index contributed by atoms with van der Waals surface area (Å²) in [6.45, 7) is 0.263. The summed E-state index contributed by atoms with van der Waals surface area (Å²) in [6.07, 6.45) is 3.33. The fraction of sp³-hybridized carbons (Fsp3) is 0.533. The van der Waals surface area contributed by atoms with E-state index in [1.54, 1.807) is 11.3 Å². The lowest BCUT2D eigenvalue weighted by Crippen LogP contribution is -2.35. The van der Waals surface area contributed by atoms with E-state index in [0.29, 0.717) is 24.6 Å². The Hall–Kier alpha value is -1.73. The number of hydrogen-bond acceptors (Lipinski definition) is 6. The first kappa shape index (κ1) is 15.2. The molecule has 1 saturated carbocycles. The number of carbonyl (C=O) groups excluding carboxylic acids is 1. The maximum atomic E-state index is 12.1. The van der Waals surface area contributed by atoms with Crippen LogP contribution in [-0.2, 0) is 17.8 Å². The molecule has 0 unspecified atom stereocenters. The minimum Gasteiger partial charge on any atom is -0.393 e. The van der Waals surface area contributed by atoms with Gasteiger partial charge in [0.2, 0.25) is 11.8 Å². The third kappa shape index (κ3) is 3.92. The highest BCUT2D eigenvalue weighted by molar-refractivity contribution is 7.09. The van der Waals surface area contributed by atoms with Gasteiger partial charge in [-0.25, -0.2) is 0 Å². The van der Waals surface area contributed by atoms with Crippen LogP contribution in [0.3, 0.4) is 0 Å². The van der Waals surface area contributed by atoms with Crippen molar-refractivity contribution in [3.05, 3.63) is 34.1 Å². The minimum absolute atomic E-state index is 0.0386. The summed E-state index contributed by atoms with van der Waals surface area (Å²) in [5, 5.41) is 18.3. The molecule has 2 aromatic heterocycles. The summed E-state index contributed by atoms with van der Waals surface area (Å²) in [6, 6.07) is 4.00. The maximum Gasteiger partial charge on any atom is 0.231 e. The second-order valence-electron chi connectivity index (χ2n) is 5.60. The summed E-state index contributed by atoms with van der Waals surface area (Å²) < 4.78 is 5.19. The molecule has 22 heavy (non-hydrogen) atoms. The highest BCUT2D eigenvalue weighted by atomic mass is 32.1. The third-order valence-electron chi connectivity index (χ3n) is 3.85. The van der Waals surface area contributed by atoms with Crippen molar-refractivity contribution >= 4 is 17.2 Å². The van der Waals surface area contributed by atoms with E-state index in [4.69, 9.17) is 4.52 Å². The summed E-state index contributed by atoms with van der Waals surface area (Å²) in [7, 11) is 0. The highest BCUT2D eigenvalue weighted by Crippen LogP contribution is 2.24. The summed E-state index contributed by atoms with van der Waals surface area (Å²) in [4.78, 5) is 17.5. The fourth-order valence-electron chi connectivity index (χ4n) is 2.71. The van der Waals surface area contributed by atoms with E-state index in [-0.39, 0.29) is 24.5 Å². The molecule has 6 nitrogen and oxygen atoms in total. The molecule has 1 aliphatic carbocycles. The van der Waals surface area contributed by atoms with E-state index in [1.165, 1.54) is 0 Å². The maximum absolute atomic E-state index is 12.1. The molecule has 3 rings (SSSR count). The number of rotatable bonds is 5. The van der Waals surface area contributed by atoms with Gasteiger partial charge in [-0.2, -0.15) is 4.98 Å². The zero-order valence-electron chi connectivity index (χ0n) is 12.2. The zero-order valence-corrected chi connectivity index (χ0v) is 13.0. The Labute approximate surface area is 132 Å². The third-order valence-corrected chi connectivity index (χ3v) is 4.73. The molecule has 0 saturated heterocycles. The predicted octanol–water partition coefficient (Wildman–Crippen LogP) is 1.89. The molecule has 1 fully saturated rings. The normalized spacial score (nSPS) is 21.7. The Balaban J connectivity index is 1.49. The van der Waals surface area contributed by atoms with Gasteiger partial charge in [0.05, 0.1) is 19.1 Å². The standard InChI is InChI=1S/C15H19N3O3S/c19-11-4-1-3-10(7-11)15(20)16-9-13-17-14(21-18-13)8-12-5-2-6-22-12/h2,5-6,10-11,19H,1,3-4,7-9H2,(H,16,20)/t10-,11-/m0/s1. The molecule has 7 heteroatoms. The SMILES string of the molecule is O=C(NCc1noc(Cc2cccs2)n1)[C@H]1CCC[C@H](O)C1. The van der Waals surface area contributed by atoms with Crippen molar-refractivity contribution in [3.8, 4) is 0 Å². The lowest BCUT2D eigenvalue weighted by Gasteiger charge is -2.24. The Morgan fingerprint density at radius 1 is 1.50 bits per heavy atom. The van der Waals surface area contributed by atoms with E-state index >= 15 is 0 Å². The van der Waals surface area contributed by atoms with Crippen LogP contribution in [0.1, 0.15) is 42.3 Å². The van der Waals surface area contributed by atoms with Gasteiger partial charge in [-0.1, -0.05) is 17.6 Å². The highest BCUT2D eigenvalue weighted by Gasteiger charge is 2.26. The average Bonchev–Trinajstić information content (AvgIpc) is 3.17. The van der Waals surface area contributed by atoms with Gasteiger partial charge in [0.1, 0.15) is 0 Å². The largest absolute Gasteiger partial charge is 0.393 e. The Morgan fingerprint density at radius 3 is 3.18 bits per heavy atom. The fourth-order valence-corrected chi connectivity index (χ4v) is 3.40. The van der Waals surface area contributed by atoms with Crippen molar-refractivity contribution in [1.82, 2.24) is 15.5 Å². The summed E-state index contributed by atoms with van der Waals surface area (Å²) in [5.41, 5.74) is 0. The Morgan fingerprint density at radius 2 is 2.41 bits per heavy atom. The Bertz CT molecular complexity index is 611. The van der Waals surface area contributed by atoms with Gasteiger partial charge < -0.3 is 14.9 Å². The number of nitrogens with one attached hydrogen (secondary N) is 1. The van der Waals surface area contributed by atoms with Gasteiger partial charge in [-0.05, 0) is 30.7 Å². The van der Waals surface area contributed by atoms with Crippen LogP contribution in [-0.4, -0.2) is 27.3 Å². The topological polar surface area (TPSA) is 88.3 Å². The molecule has 2 N–H and O–H groups in total. The molecule has 0 aromatic carbocycles. The minimum atomic E-state index is -0.355. The van der Waals surface area contributed by atoms with Crippen molar-refractivity contribution in [3.63, 3.8) is 0 Å². The van der Waals surface area contributed by atoms with Crippen LogP contribution < -0.4 is 5.32 Å². The second-order valence-corrected chi connectivity index (χ2v) is 6.63. The van der Waals surface area contributed by atoms with Gasteiger partial charge in [0.15, 0.2) is 5.82 Å². The summed E-state index contributed by atoms with van der Waals surface area (Å²) >= 11 is 1.64. The molecule has 1 aliphatic rings. The number of amides is 1. The van der Waals surface area contributed by atoms with Crippen molar-refractivity contribution in [2.24, 2.45) is 5.92 Å². The van der Waals surface area contributed by atoms with E-state index in [1.807, 2.05) is 17.5 Å². The lowest BCUT2D eigenvalue weighted by molar-refractivity contribution is -0.127. The number of carbonyl (C=O) groups is 1. The lowest BCUT2D eigenvalue weighted by atomic mass is 9.87. The molecule has 2 aromatic rings. The zero-order chi connectivity index (χ0) is 15.4. The Kier molecular flexibility index (Phi) is 4.84. The number of aliphatic hydroxyl groups excluding tert-OH is 1. The molecule has 2 atom stereocenters. The van der Waals surface area contributed by atoms with Crippen LogP contribution >= 0.6 is 11.3 Å². The van der Waals surface area contributed by atoms with Crippen LogP contribution in [0.25, 0.3) is 0 Å². The number of aromatic nitrogens is 2.